The third-order valence-corrected chi connectivity index (χ3v) is 2.22. The quantitative estimate of drug-likeness (QED) is 0.699. The van der Waals surface area contributed by atoms with Gasteiger partial charge in [0.25, 0.3) is 0 Å². The summed E-state index contributed by atoms with van der Waals surface area (Å²) in [4.78, 5) is 0. The number of benzene rings is 2. The Morgan fingerprint density at radius 1 is 0.789 bits per heavy atom. The average molecular weight is 254 g/mol. The van der Waals surface area contributed by atoms with Gasteiger partial charge in [0.15, 0.2) is 0 Å². The van der Waals surface area contributed by atoms with Gasteiger partial charge in [-0.05, 0) is 25.0 Å². The molecular weight excluding hydrogens is 232 g/mol. The highest BCUT2D eigenvalue weighted by Gasteiger charge is 1.93. The van der Waals surface area contributed by atoms with Gasteiger partial charge in [-0.25, -0.2) is 0 Å². The molecule has 0 aliphatic carbocycles. The van der Waals surface area contributed by atoms with Crippen LogP contribution in [-0.2, 0) is 18.0 Å². The molecule has 0 bridgehead atoms. The van der Waals surface area contributed by atoms with Crippen LogP contribution in [0.1, 0.15) is 25.0 Å². The van der Waals surface area contributed by atoms with E-state index in [-0.39, 0.29) is 0 Å². The molecule has 0 heterocycles. The Kier molecular flexibility index (Phi) is 7.30. The Labute approximate surface area is 116 Å². The van der Waals surface area contributed by atoms with Gasteiger partial charge in [-0.2, -0.15) is 0 Å². The number of hydrogen-bond acceptors (Lipinski definition) is 1. The predicted molar refractivity (Wildman–Crippen MR) is 81.9 cm³/mol. The number of hydrogen-bond donors (Lipinski definition) is 0. The lowest BCUT2D eigenvalue weighted by Crippen LogP contribution is -1.93. The van der Waals surface area contributed by atoms with Crippen molar-refractivity contribution in [1.82, 2.24) is 0 Å². The van der Waals surface area contributed by atoms with E-state index in [1.165, 1.54) is 16.7 Å². The van der Waals surface area contributed by atoms with E-state index in [9.17, 15) is 0 Å². The highest BCUT2D eigenvalue weighted by Crippen LogP contribution is 2.05. The van der Waals surface area contributed by atoms with Crippen molar-refractivity contribution in [1.29, 1.82) is 0 Å². The lowest BCUT2D eigenvalue weighted by Gasteiger charge is -2.03. The second-order valence-corrected chi connectivity index (χ2v) is 4.67. The highest BCUT2D eigenvalue weighted by molar-refractivity contribution is 5.15. The van der Waals surface area contributed by atoms with Crippen molar-refractivity contribution in [2.45, 2.75) is 27.1 Å². The lowest BCUT2D eigenvalue weighted by molar-refractivity contribution is 0.107. The highest BCUT2D eigenvalue weighted by atomic mass is 16.5. The molecule has 0 atom stereocenters. The largest absolute Gasteiger partial charge is 0.372 e. The van der Waals surface area contributed by atoms with Gasteiger partial charge in [0.2, 0.25) is 0 Å². The van der Waals surface area contributed by atoms with Gasteiger partial charge in [0.05, 0.1) is 13.2 Å². The first kappa shape index (κ1) is 15.2. The van der Waals surface area contributed by atoms with Crippen molar-refractivity contribution in [3.8, 4) is 0 Å². The molecule has 0 saturated heterocycles. The maximum atomic E-state index is 5.61. The summed E-state index contributed by atoms with van der Waals surface area (Å²) in [6.45, 7) is 8.85. The Balaban J connectivity index is 0.000000399. The van der Waals surface area contributed by atoms with Gasteiger partial charge in [-0.3, -0.25) is 0 Å². The summed E-state index contributed by atoms with van der Waals surface area (Å²) in [6, 6.07) is 20.4. The molecule has 19 heavy (non-hydrogen) atoms. The standard InChI is InChI=1S/C14H14O.C4H8/c1-3-7-13(8-4-1)11-15-12-14-9-5-2-6-10-14;1-4(2)3/h1-10H,11-12H2;1H2,2-3H3. The maximum Gasteiger partial charge on any atom is 0.0721 e. The van der Waals surface area contributed by atoms with Crippen molar-refractivity contribution in [3.05, 3.63) is 83.9 Å². The lowest BCUT2D eigenvalue weighted by atomic mass is 10.2. The Morgan fingerprint density at radius 3 is 1.42 bits per heavy atom. The molecule has 0 N–H and O–H groups in total. The zero-order valence-corrected chi connectivity index (χ0v) is 11.8. The van der Waals surface area contributed by atoms with Crippen LogP contribution in [0.5, 0.6) is 0 Å². The molecule has 0 fully saturated rings. The number of ether oxygens (including phenoxy) is 1. The predicted octanol–water partition coefficient (Wildman–Crippen LogP) is 4.99. The van der Waals surface area contributed by atoms with Crippen LogP contribution in [0.15, 0.2) is 72.8 Å². The smallest absolute Gasteiger partial charge is 0.0721 e. The summed E-state index contributed by atoms with van der Waals surface area (Å²) in [5.74, 6) is 0. The van der Waals surface area contributed by atoms with Crippen molar-refractivity contribution < 1.29 is 4.74 Å². The van der Waals surface area contributed by atoms with Gasteiger partial charge in [0, 0.05) is 0 Å². The fourth-order valence-corrected chi connectivity index (χ4v) is 1.44. The first-order chi connectivity index (χ1) is 9.18. The second-order valence-electron chi connectivity index (χ2n) is 4.67. The Hall–Kier alpha value is -1.86. The van der Waals surface area contributed by atoms with E-state index in [1.54, 1.807) is 0 Å². The van der Waals surface area contributed by atoms with Crippen LogP contribution in [0.2, 0.25) is 0 Å². The molecule has 0 aliphatic rings. The fraction of sp³-hybridized carbons (Fsp3) is 0.222. The summed E-state index contributed by atoms with van der Waals surface area (Å²) in [6.07, 6.45) is 0. The van der Waals surface area contributed by atoms with Gasteiger partial charge in [-0.15, -0.1) is 6.58 Å². The summed E-state index contributed by atoms with van der Waals surface area (Å²) < 4.78 is 5.61. The molecule has 0 aliphatic heterocycles. The SMILES string of the molecule is C=C(C)C.c1ccc(COCc2ccccc2)cc1. The molecule has 1 heteroatoms. The molecule has 0 spiro atoms. The van der Waals surface area contributed by atoms with Crippen LogP contribution in [0.4, 0.5) is 0 Å². The van der Waals surface area contributed by atoms with Crippen molar-refractivity contribution in [3.63, 3.8) is 0 Å². The third kappa shape index (κ3) is 7.96. The van der Waals surface area contributed by atoms with Crippen LogP contribution in [0.3, 0.4) is 0 Å². The van der Waals surface area contributed by atoms with E-state index in [4.69, 9.17) is 4.74 Å². The molecule has 0 saturated carbocycles. The Bertz CT molecular complexity index is 416. The third-order valence-electron chi connectivity index (χ3n) is 2.22. The summed E-state index contributed by atoms with van der Waals surface area (Å²) in [7, 11) is 0. The minimum absolute atomic E-state index is 0.676. The molecule has 2 aromatic rings. The second kappa shape index (κ2) is 9.12. The van der Waals surface area contributed by atoms with Crippen LogP contribution in [0.25, 0.3) is 0 Å². The fourth-order valence-electron chi connectivity index (χ4n) is 1.44. The van der Waals surface area contributed by atoms with E-state index in [0.29, 0.717) is 13.2 Å². The molecule has 0 radical (unpaired) electrons. The average Bonchev–Trinajstić information content (AvgIpc) is 2.41. The molecule has 1 nitrogen and oxygen atoms in total. The van der Waals surface area contributed by atoms with Crippen LogP contribution in [0, 0.1) is 0 Å². The van der Waals surface area contributed by atoms with E-state index >= 15 is 0 Å². The molecule has 0 unspecified atom stereocenters. The minimum Gasteiger partial charge on any atom is -0.372 e. The van der Waals surface area contributed by atoms with Gasteiger partial charge >= 0.3 is 0 Å². The first-order valence-electron chi connectivity index (χ1n) is 6.46. The molecule has 100 valence electrons. The zero-order chi connectivity index (χ0) is 13.9. The summed E-state index contributed by atoms with van der Waals surface area (Å²) in [5, 5.41) is 0. The molecule has 0 aromatic heterocycles. The zero-order valence-electron chi connectivity index (χ0n) is 11.8. The van der Waals surface area contributed by atoms with Crippen LogP contribution in [-0.4, -0.2) is 0 Å². The van der Waals surface area contributed by atoms with E-state index in [0.717, 1.165) is 0 Å². The Morgan fingerprint density at radius 2 is 1.11 bits per heavy atom. The molecule has 2 aromatic carbocycles. The van der Waals surface area contributed by atoms with Gasteiger partial charge in [-0.1, -0.05) is 66.2 Å². The summed E-state index contributed by atoms with van der Waals surface area (Å²) >= 11 is 0. The molecular formula is C18H22O. The molecule has 0 amide bonds. The van der Waals surface area contributed by atoms with E-state index in [1.807, 2.05) is 50.2 Å². The first-order valence-corrected chi connectivity index (χ1v) is 6.46. The van der Waals surface area contributed by atoms with Crippen molar-refractivity contribution in [2.24, 2.45) is 0 Å². The minimum atomic E-state index is 0.676. The topological polar surface area (TPSA) is 9.23 Å². The van der Waals surface area contributed by atoms with Crippen LogP contribution >= 0.6 is 0 Å². The van der Waals surface area contributed by atoms with Crippen molar-refractivity contribution in [2.75, 3.05) is 0 Å². The van der Waals surface area contributed by atoms with Gasteiger partial charge in [0.1, 0.15) is 0 Å². The van der Waals surface area contributed by atoms with Crippen LogP contribution < -0.4 is 0 Å². The number of rotatable bonds is 4. The summed E-state index contributed by atoms with van der Waals surface area (Å²) in [5.41, 5.74) is 3.60. The molecule has 2 rings (SSSR count). The normalized spacial score (nSPS) is 9.37. The number of allylic oxidation sites excluding steroid dienone is 1. The monoisotopic (exact) mass is 254 g/mol. The van der Waals surface area contributed by atoms with Gasteiger partial charge < -0.3 is 4.74 Å². The van der Waals surface area contributed by atoms with E-state index in [2.05, 4.69) is 30.8 Å². The van der Waals surface area contributed by atoms with E-state index < -0.39 is 0 Å². The van der Waals surface area contributed by atoms with Crippen molar-refractivity contribution >= 4 is 0 Å². The maximum absolute atomic E-state index is 5.61.